The lowest BCUT2D eigenvalue weighted by Gasteiger charge is -2.38. The van der Waals surface area contributed by atoms with Gasteiger partial charge in [0.1, 0.15) is 42.7 Å². The van der Waals surface area contributed by atoms with Gasteiger partial charge in [0.05, 0.1) is 12.7 Å². The van der Waals surface area contributed by atoms with Crippen LogP contribution in [0.3, 0.4) is 0 Å². The number of hydrogen-bond donors (Lipinski definition) is 7. The minimum atomic E-state index is -1.70. The first-order valence-electron chi connectivity index (χ1n) is 6.93. The molecule has 130 valence electrons. The Morgan fingerprint density at radius 2 is 1.50 bits per heavy atom. The van der Waals surface area contributed by atoms with Crippen molar-refractivity contribution in [3.8, 4) is 0 Å². The normalized spacial score (nSPS) is 51.0. The van der Waals surface area contributed by atoms with Crippen molar-refractivity contribution in [3.63, 3.8) is 0 Å². The van der Waals surface area contributed by atoms with Gasteiger partial charge in [-0.2, -0.15) is 0 Å². The molecule has 10 heteroatoms. The van der Waals surface area contributed by atoms with Gasteiger partial charge in [0.25, 0.3) is 0 Å². The molecule has 0 amide bonds. The largest absolute Gasteiger partial charge is 0.391 e. The topological polar surface area (TPSA) is 169 Å². The first kappa shape index (κ1) is 17.9. The van der Waals surface area contributed by atoms with Crippen LogP contribution >= 0.6 is 0 Å². The molecule has 0 aromatic carbocycles. The molecule has 22 heavy (non-hydrogen) atoms. The zero-order chi connectivity index (χ0) is 16.6. The smallest absolute Gasteiger partial charge is 0.184 e. The molecule has 10 atom stereocenters. The average Bonchev–Trinajstić information content (AvgIpc) is 2.74. The molecule has 0 unspecified atom stereocenters. The molecular formula is C12H22O10. The van der Waals surface area contributed by atoms with Gasteiger partial charge in [0.15, 0.2) is 12.6 Å². The van der Waals surface area contributed by atoms with Crippen LogP contribution in [0, 0.1) is 0 Å². The highest BCUT2D eigenvalue weighted by atomic mass is 16.7. The molecule has 0 aromatic heterocycles. The van der Waals surface area contributed by atoms with Crippen LogP contribution in [0.25, 0.3) is 0 Å². The van der Waals surface area contributed by atoms with Gasteiger partial charge in [-0.1, -0.05) is 0 Å². The lowest BCUT2D eigenvalue weighted by Crippen LogP contribution is -2.59. The summed E-state index contributed by atoms with van der Waals surface area (Å²) in [6.07, 6.45) is -13.8. The van der Waals surface area contributed by atoms with Crippen LogP contribution in [-0.2, 0) is 14.2 Å². The monoisotopic (exact) mass is 326 g/mol. The third kappa shape index (κ3) is 3.41. The molecule has 2 aliphatic rings. The van der Waals surface area contributed by atoms with E-state index in [1.54, 1.807) is 0 Å². The third-order valence-electron chi connectivity index (χ3n) is 3.87. The Labute approximate surface area is 126 Å². The molecule has 0 saturated carbocycles. The minimum absolute atomic E-state index is 0.392. The molecule has 2 heterocycles. The van der Waals surface area contributed by atoms with Crippen molar-refractivity contribution in [3.05, 3.63) is 0 Å². The fourth-order valence-electron chi connectivity index (χ4n) is 2.53. The zero-order valence-electron chi connectivity index (χ0n) is 11.8. The summed E-state index contributed by atoms with van der Waals surface area (Å²) < 4.78 is 15.1. The van der Waals surface area contributed by atoms with E-state index < -0.39 is 68.0 Å². The van der Waals surface area contributed by atoms with Crippen molar-refractivity contribution in [2.75, 3.05) is 6.61 Å². The first-order chi connectivity index (χ1) is 10.2. The van der Waals surface area contributed by atoms with E-state index in [0.29, 0.717) is 0 Å². The molecule has 2 fully saturated rings. The third-order valence-corrected chi connectivity index (χ3v) is 3.87. The van der Waals surface area contributed by atoms with E-state index in [4.69, 9.17) is 14.2 Å². The lowest BCUT2D eigenvalue weighted by atomic mass is 9.99. The van der Waals surface area contributed by atoms with Crippen molar-refractivity contribution in [1.82, 2.24) is 0 Å². The second-order valence-electron chi connectivity index (χ2n) is 5.56. The van der Waals surface area contributed by atoms with Crippen molar-refractivity contribution < 1.29 is 50.0 Å². The van der Waals surface area contributed by atoms with E-state index in [-0.39, 0.29) is 0 Å². The Morgan fingerprint density at radius 3 is 2.05 bits per heavy atom. The fraction of sp³-hybridized carbons (Fsp3) is 1.00. The number of ether oxygens (including phenoxy) is 3. The van der Waals surface area contributed by atoms with Crippen LogP contribution in [0.2, 0.25) is 0 Å². The molecule has 2 saturated heterocycles. The zero-order valence-corrected chi connectivity index (χ0v) is 11.8. The van der Waals surface area contributed by atoms with Gasteiger partial charge in [0.2, 0.25) is 0 Å². The molecule has 0 spiro atoms. The van der Waals surface area contributed by atoms with Crippen LogP contribution in [0.5, 0.6) is 0 Å². The van der Waals surface area contributed by atoms with Gasteiger partial charge in [-0.05, 0) is 6.92 Å². The highest BCUT2D eigenvalue weighted by Gasteiger charge is 2.48. The quantitative estimate of drug-likeness (QED) is 0.268. The summed E-state index contributed by atoms with van der Waals surface area (Å²) in [7, 11) is 0. The van der Waals surface area contributed by atoms with Gasteiger partial charge in [-0.15, -0.1) is 0 Å². The second-order valence-corrected chi connectivity index (χ2v) is 5.56. The van der Waals surface area contributed by atoms with E-state index >= 15 is 0 Å². The summed E-state index contributed by atoms with van der Waals surface area (Å²) >= 11 is 0. The fourth-order valence-corrected chi connectivity index (χ4v) is 2.53. The molecule has 7 N–H and O–H groups in total. The van der Waals surface area contributed by atoms with E-state index in [9.17, 15) is 35.7 Å². The van der Waals surface area contributed by atoms with Crippen LogP contribution in [0.4, 0.5) is 0 Å². The molecule has 0 aromatic rings. The molecule has 0 aliphatic carbocycles. The van der Waals surface area contributed by atoms with Gasteiger partial charge in [0, 0.05) is 0 Å². The summed E-state index contributed by atoms with van der Waals surface area (Å²) in [5.41, 5.74) is 0. The summed E-state index contributed by atoms with van der Waals surface area (Å²) in [5.74, 6) is 0. The van der Waals surface area contributed by atoms with Gasteiger partial charge in [-0.25, -0.2) is 0 Å². The number of rotatable bonds is 4. The maximum Gasteiger partial charge on any atom is 0.184 e. The second kappa shape index (κ2) is 7.01. The Morgan fingerprint density at radius 1 is 0.864 bits per heavy atom. The number of hydrogen-bond acceptors (Lipinski definition) is 10. The Bertz CT molecular complexity index is 366. The summed E-state index contributed by atoms with van der Waals surface area (Å²) in [4.78, 5) is 0. The number of aliphatic hydroxyl groups excluding tert-OH is 7. The van der Waals surface area contributed by atoms with Gasteiger partial charge < -0.3 is 50.0 Å². The summed E-state index contributed by atoms with van der Waals surface area (Å²) in [6, 6.07) is 0. The van der Waals surface area contributed by atoms with Crippen molar-refractivity contribution in [1.29, 1.82) is 0 Å². The van der Waals surface area contributed by atoms with Crippen molar-refractivity contribution >= 4 is 0 Å². The van der Waals surface area contributed by atoms with Gasteiger partial charge >= 0.3 is 0 Å². The first-order valence-corrected chi connectivity index (χ1v) is 6.93. The Hall–Kier alpha value is -0.400. The molecular weight excluding hydrogens is 304 g/mol. The van der Waals surface area contributed by atoms with Crippen LogP contribution < -0.4 is 0 Å². The molecule has 10 nitrogen and oxygen atoms in total. The Balaban J connectivity index is 1.92. The maximum absolute atomic E-state index is 9.92. The minimum Gasteiger partial charge on any atom is -0.391 e. The van der Waals surface area contributed by atoms with Crippen molar-refractivity contribution in [2.24, 2.45) is 0 Å². The van der Waals surface area contributed by atoms with E-state index in [1.807, 2.05) is 0 Å². The predicted molar refractivity (Wildman–Crippen MR) is 67.2 cm³/mol. The molecule has 2 rings (SSSR count). The van der Waals surface area contributed by atoms with E-state index in [0.717, 1.165) is 0 Å². The van der Waals surface area contributed by atoms with E-state index in [2.05, 4.69) is 0 Å². The Kier molecular flexibility index (Phi) is 5.72. The molecule has 0 bridgehead atoms. The van der Waals surface area contributed by atoms with Crippen LogP contribution in [0.15, 0.2) is 0 Å². The SMILES string of the molecule is C[C@@H](O)[C@@H]1O[C@@H](O)[C@H](OC[C@H]2O[C@@H](O)[C@H](O)[C@@H](O)[C@@H]2O)[C@H]1O. The average molecular weight is 326 g/mol. The van der Waals surface area contributed by atoms with Crippen LogP contribution in [-0.4, -0.2) is 104 Å². The van der Waals surface area contributed by atoms with E-state index in [1.165, 1.54) is 6.92 Å². The van der Waals surface area contributed by atoms with Crippen LogP contribution in [0.1, 0.15) is 6.92 Å². The summed E-state index contributed by atoms with van der Waals surface area (Å²) in [6.45, 7) is 0.988. The van der Waals surface area contributed by atoms with Crippen molar-refractivity contribution in [2.45, 2.75) is 68.3 Å². The van der Waals surface area contributed by atoms with Gasteiger partial charge in [-0.3, -0.25) is 0 Å². The summed E-state index contributed by atoms with van der Waals surface area (Å²) in [5, 5.41) is 67.0. The molecule has 2 aliphatic heterocycles. The number of aliphatic hydroxyl groups is 7. The standard InChI is InChI=1S/C12H22O10/c1-3(13)9-8(17)10(12(19)22-9)20-2-4-5(14)6(15)7(16)11(18)21-4/h3-19H,2H2,1H3/t3-,4-,5-,6+,7-,8+,9+,10-,11-,12-/m1/s1. The lowest BCUT2D eigenvalue weighted by molar-refractivity contribution is -0.293. The highest BCUT2D eigenvalue weighted by Crippen LogP contribution is 2.26. The maximum atomic E-state index is 9.92. The highest BCUT2D eigenvalue weighted by molar-refractivity contribution is 4.92. The molecule has 0 radical (unpaired) electrons. The predicted octanol–water partition coefficient (Wildman–Crippen LogP) is -4.37.